The predicted molar refractivity (Wildman–Crippen MR) is 85.1 cm³/mol. The zero-order valence-corrected chi connectivity index (χ0v) is 12.4. The lowest BCUT2D eigenvalue weighted by Crippen LogP contribution is -2.31. The molecule has 0 bridgehead atoms. The standard InChI is InChI=1S/C20H20/c1-20(2,3)17-12-10-15-8-7-13-5-4-6-14-9-11-16(17)19(15)18(13)14/h4-12,18-19H,1-3H3. The highest BCUT2D eigenvalue weighted by molar-refractivity contribution is 5.62. The van der Waals surface area contributed by atoms with Crippen LogP contribution in [0, 0.1) is 17.3 Å². The Morgan fingerprint density at radius 3 is 2.10 bits per heavy atom. The molecule has 4 aliphatic carbocycles. The van der Waals surface area contributed by atoms with Crippen LogP contribution in [0.1, 0.15) is 20.8 Å². The summed E-state index contributed by atoms with van der Waals surface area (Å²) >= 11 is 0. The summed E-state index contributed by atoms with van der Waals surface area (Å²) in [7, 11) is 0. The normalized spacial score (nSPS) is 29.9. The van der Waals surface area contributed by atoms with Gasteiger partial charge in [0.15, 0.2) is 0 Å². The molecule has 0 heterocycles. The minimum atomic E-state index is 0.203. The Morgan fingerprint density at radius 1 is 0.700 bits per heavy atom. The van der Waals surface area contributed by atoms with E-state index in [4.69, 9.17) is 0 Å². The van der Waals surface area contributed by atoms with Crippen LogP contribution in [0.4, 0.5) is 0 Å². The van der Waals surface area contributed by atoms with Gasteiger partial charge >= 0.3 is 0 Å². The van der Waals surface area contributed by atoms with E-state index in [-0.39, 0.29) is 5.41 Å². The number of hydrogen-bond acceptors (Lipinski definition) is 0. The second kappa shape index (κ2) is 3.85. The molecule has 0 aromatic heterocycles. The first-order chi connectivity index (χ1) is 9.55. The van der Waals surface area contributed by atoms with Crippen molar-refractivity contribution in [2.75, 3.05) is 0 Å². The van der Waals surface area contributed by atoms with Gasteiger partial charge in [-0.15, -0.1) is 0 Å². The molecule has 0 aromatic carbocycles. The summed E-state index contributed by atoms with van der Waals surface area (Å²) < 4.78 is 0. The fraction of sp³-hybridized carbons (Fsp3) is 0.300. The Hall–Kier alpha value is -1.82. The molecule has 0 amide bonds. The number of rotatable bonds is 0. The quantitative estimate of drug-likeness (QED) is 0.571. The topological polar surface area (TPSA) is 0 Å². The predicted octanol–water partition coefficient (Wildman–Crippen LogP) is 5.06. The lowest BCUT2D eigenvalue weighted by Gasteiger charge is -2.42. The van der Waals surface area contributed by atoms with Crippen LogP contribution in [-0.4, -0.2) is 0 Å². The zero-order chi connectivity index (χ0) is 13.9. The van der Waals surface area contributed by atoms with Gasteiger partial charge in [0.25, 0.3) is 0 Å². The van der Waals surface area contributed by atoms with E-state index in [0.29, 0.717) is 11.8 Å². The highest BCUT2D eigenvalue weighted by atomic mass is 14.4. The van der Waals surface area contributed by atoms with Gasteiger partial charge in [-0.3, -0.25) is 0 Å². The SMILES string of the molecule is CC(C)(C)C1=C2C=CC3=CC=CC4=CC=C(C=C1)C2C34. The van der Waals surface area contributed by atoms with Crippen LogP contribution in [0.3, 0.4) is 0 Å². The monoisotopic (exact) mass is 260 g/mol. The van der Waals surface area contributed by atoms with Crippen molar-refractivity contribution < 1.29 is 0 Å². The fourth-order valence-corrected chi connectivity index (χ4v) is 3.89. The van der Waals surface area contributed by atoms with Gasteiger partial charge < -0.3 is 0 Å². The molecular weight excluding hydrogens is 240 g/mol. The average molecular weight is 260 g/mol. The van der Waals surface area contributed by atoms with Crippen LogP contribution in [0.15, 0.2) is 82.5 Å². The summed E-state index contributed by atoms with van der Waals surface area (Å²) in [5.74, 6) is 1.05. The van der Waals surface area contributed by atoms with E-state index < -0.39 is 0 Å². The summed E-state index contributed by atoms with van der Waals surface area (Å²) in [5.41, 5.74) is 7.60. The minimum absolute atomic E-state index is 0.203. The molecule has 2 atom stereocenters. The van der Waals surface area contributed by atoms with Crippen molar-refractivity contribution in [3.05, 3.63) is 82.5 Å². The Labute approximate surface area is 121 Å². The lowest BCUT2D eigenvalue weighted by molar-refractivity contribution is 0.483. The highest BCUT2D eigenvalue weighted by Crippen LogP contribution is 2.51. The second-order valence-electron chi connectivity index (χ2n) is 7.10. The molecule has 0 N–H and O–H groups in total. The molecule has 4 rings (SSSR count). The molecule has 0 radical (unpaired) electrons. The Morgan fingerprint density at radius 2 is 1.35 bits per heavy atom. The molecule has 0 heteroatoms. The van der Waals surface area contributed by atoms with E-state index in [1.165, 1.54) is 27.9 Å². The van der Waals surface area contributed by atoms with E-state index in [1.54, 1.807) is 0 Å². The summed E-state index contributed by atoms with van der Waals surface area (Å²) in [6.07, 6.45) is 20.7. The maximum Gasteiger partial charge on any atom is 0.0202 e. The van der Waals surface area contributed by atoms with Crippen LogP contribution in [0.5, 0.6) is 0 Å². The largest absolute Gasteiger partial charge is 0.0617 e. The van der Waals surface area contributed by atoms with Crippen molar-refractivity contribution in [2.24, 2.45) is 17.3 Å². The van der Waals surface area contributed by atoms with Gasteiger partial charge in [0, 0.05) is 11.8 Å². The van der Waals surface area contributed by atoms with Crippen LogP contribution < -0.4 is 0 Å². The molecule has 20 heavy (non-hydrogen) atoms. The number of allylic oxidation sites excluding steroid dienone is 14. The first-order valence-corrected chi connectivity index (χ1v) is 7.46. The van der Waals surface area contributed by atoms with Crippen molar-refractivity contribution >= 4 is 0 Å². The van der Waals surface area contributed by atoms with Crippen molar-refractivity contribution in [2.45, 2.75) is 20.8 Å². The summed E-state index contributed by atoms with van der Waals surface area (Å²) in [6, 6.07) is 0. The first-order valence-electron chi connectivity index (χ1n) is 7.46. The molecule has 0 fully saturated rings. The third-order valence-corrected chi connectivity index (χ3v) is 4.81. The summed E-state index contributed by atoms with van der Waals surface area (Å²) in [6.45, 7) is 6.94. The molecule has 0 saturated carbocycles. The van der Waals surface area contributed by atoms with Gasteiger partial charge in [0.2, 0.25) is 0 Å². The van der Waals surface area contributed by atoms with Crippen LogP contribution in [0.2, 0.25) is 0 Å². The molecule has 0 aliphatic heterocycles. The molecule has 0 aromatic rings. The van der Waals surface area contributed by atoms with Gasteiger partial charge in [-0.1, -0.05) is 75.5 Å². The van der Waals surface area contributed by atoms with Crippen molar-refractivity contribution in [3.63, 3.8) is 0 Å². The lowest BCUT2D eigenvalue weighted by atomic mass is 9.61. The van der Waals surface area contributed by atoms with Crippen LogP contribution in [-0.2, 0) is 0 Å². The zero-order valence-electron chi connectivity index (χ0n) is 12.4. The van der Waals surface area contributed by atoms with Gasteiger partial charge in [-0.2, -0.15) is 0 Å². The van der Waals surface area contributed by atoms with E-state index >= 15 is 0 Å². The van der Waals surface area contributed by atoms with Gasteiger partial charge in [-0.05, 0) is 33.3 Å². The number of hydrogen-bond donors (Lipinski definition) is 0. The maximum atomic E-state index is 2.35. The van der Waals surface area contributed by atoms with E-state index in [0.717, 1.165) is 0 Å². The molecule has 100 valence electrons. The maximum absolute atomic E-state index is 2.35. The third-order valence-electron chi connectivity index (χ3n) is 4.81. The third kappa shape index (κ3) is 1.54. The second-order valence-corrected chi connectivity index (χ2v) is 7.10. The van der Waals surface area contributed by atoms with Gasteiger partial charge in [0.05, 0.1) is 0 Å². The van der Waals surface area contributed by atoms with Crippen LogP contribution in [0.25, 0.3) is 0 Å². The van der Waals surface area contributed by atoms with E-state index in [2.05, 4.69) is 75.5 Å². The van der Waals surface area contributed by atoms with E-state index in [9.17, 15) is 0 Å². The Balaban J connectivity index is 1.98. The van der Waals surface area contributed by atoms with Gasteiger partial charge in [0.1, 0.15) is 0 Å². The van der Waals surface area contributed by atoms with Gasteiger partial charge in [-0.25, -0.2) is 0 Å². The smallest absolute Gasteiger partial charge is 0.0202 e. The molecule has 4 aliphatic rings. The summed E-state index contributed by atoms with van der Waals surface area (Å²) in [4.78, 5) is 0. The molecule has 0 spiro atoms. The molecular formula is C20H20. The van der Waals surface area contributed by atoms with Crippen molar-refractivity contribution in [1.82, 2.24) is 0 Å². The first kappa shape index (κ1) is 12.0. The Kier molecular flexibility index (Phi) is 2.30. The van der Waals surface area contributed by atoms with E-state index in [1.807, 2.05) is 0 Å². The van der Waals surface area contributed by atoms with Crippen molar-refractivity contribution in [3.8, 4) is 0 Å². The fourth-order valence-electron chi connectivity index (χ4n) is 3.89. The molecule has 2 unspecified atom stereocenters. The summed E-state index contributed by atoms with van der Waals surface area (Å²) in [5, 5.41) is 0. The van der Waals surface area contributed by atoms with Crippen LogP contribution >= 0.6 is 0 Å². The minimum Gasteiger partial charge on any atom is -0.0617 e. The molecule has 0 saturated heterocycles. The highest BCUT2D eigenvalue weighted by Gasteiger charge is 2.39. The average Bonchev–Trinajstić information content (AvgIpc) is 2.43. The Bertz CT molecular complexity index is 691. The molecule has 0 nitrogen and oxygen atoms in total. The van der Waals surface area contributed by atoms with Crippen molar-refractivity contribution in [1.29, 1.82) is 0 Å².